The highest BCUT2D eigenvalue weighted by Gasteiger charge is 2.24. The quantitative estimate of drug-likeness (QED) is 0.331. The van der Waals surface area contributed by atoms with E-state index in [4.69, 9.17) is 9.84 Å². The first-order valence-corrected chi connectivity index (χ1v) is 7.64. The number of amidine groups is 1. The first-order valence-electron chi connectivity index (χ1n) is 6.82. The average molecular weight is 363 g/mol. The van der Waals surface area contributed by atoms with E-state index in [0.717, 1.165) is 17.8 Å². The van der Waals surface area contributed by atoms with Crippen LogP contribution in [0.1, 0.15) is 5.56 Å². The van der Waals surface area contributed by atoms with Crippen LogP contribution in [0.15, 0.2) is 45.4 Å². The van der Waals surface area contributed by atoms with E-state index in [0.29, 0.717) is 11.3 Å². The van der Waals surface area contributed by atoms with Crippen LogP contribution in [0.5, 0.6) is 5.75 Å². The van der Waals surface area contributed by atoms with Crippen molar-refractivity contribution in [3.05, 3.63) is 40.8 Å². The Balaban J connectivity index is 2.01. The Morgan fingerprint density at radius 3 is 2.92 bits per heavy atom. The van der Waals surface area contributed by atoms with Gasteiger partial charge in [0, 0.05) is 6.08 Å². The molecule has 0 aliphatic carbocycles. The molecule has 1 fully saturated rings. The Hall–Kier alpha value is -3.14. The van der Waals surface area contributed by atoms with Gasteiger partial charge in [0.05, 0.1) is 18.2 Å². The summed E-state index contributed by atoms with van der Waals surface area (Å²) in [6.07, 6.45) is 2.48. The van der Waals surface area contributed by atoms with Crippen LogP contribution in [0, 0.1) is 0 Å². The maximum Gasteiger partial charge on any atom is 0.341 e. The average Bonchev–Trinajstić information content (AvgIpc) is 2.93. The molecule has 1 heterocycles. The monoisotopic (exact) mass is 363 g/mol. The van der Waals surface area contributed by atoms with E-state index in [1.54, 1.807) is 24.3 Å². The summed E-state index contributed by atoms with van der Waals surface area (Å²) in [5, 5.41) is 18.9. The first-order chi connectivity index (χ1) is 12.0. The zero-order chi connectivity index (χ0) is 18.2. The molecule has 1 aromatic carbocycles. The molecule has 0 bridgehead atoms. The van der Waals surface area contributed by atoms with Gasteiger partial charge in [-0.2, -0.15) is 5.10 Å². The van der Waals surface area contributed by atoms with Crippen LogP contribution >= 0.6 is 11.8 Å². The summed E-state index contributed by atoms with van der Waals surface area (Å²) in [6, 6.07) is 6.61. The van der Waals surface area contributed by atoms with E-state index >= 15 is 0 Å². The Morgan fingerprint density at radius 2 is 2.20 bits per heavy atom. The number of ether oxygens (including phenoxy) is 2. The second-order valence-corrected chi connectivity index (χ2v) is 5.52. The number of methoxy groups -OCH3 is 1. The van der Waals surface area contributed by atoms with Crippen LogP contribution in [-0.4, -0.2) is 48.1 Å². The molecular formula is C15H13N3O6S. The number of amides is 1. The van der Waals surface area contributed by atoms with Crippen LogP contribution < -0.4 is 10.1 Å². The minimum absolute atomic E-state index is 0.157. The number of aliphatic carboxylic acids is 1. The molecule has 1 aromatic rings. The summed E-state index contributed by atoms with van der Waals surface area (Å²) < 4.78 is 9.51. The van der Waals surface area contributed by atoms with Crippen molar-refractivity contribution in [2.45, 2.75) is 0 Å². The molecule has 0 unspecified atom stereocenters. The summed E-state index contributed by atoms with van der Waals surface area (Å²) >= 11 is 0.958. The fraction of sp³-hybridized carbons (Fsp3) is 0.133. The zero-order valence-electron chi connectivity index (χ0n) is 13.0. The molecule has 0 spiro atoms. The maximum absolute atomic E-state index is 11.6. The van der Waals surface area contributed by atoms with E-state index in [-0.39, 0.29) is 10.1 Å². The highest BCUT2D eigenvalue weighted by Crippen LogP contribution is 2.23. The molecule has 130 valence electrons. The van der Waals surface area contributed by atoms with Crippen LogP contribution in [0.2, 0.25) is 0 Å². The molecular weight excluding hydrogens is 350 g/mol. The van der Waals surface area contributed by atoms with Gasteiger partial charge in [-0.25, -0.2) is 9.59 Å². The van der Waals surface area contributed by atoms with Crippen LogP contribution in [0.25, 0.3) is 0 Å². The molecule has 0 aromatic heterocycles. The molecule has 1 aliphatic rings. The van der Waals surface area contributed by atoms with Crippen molar-refractivity contribution in [3.63, 3.8) is 0 Å². The Labute approximate surface area is 146 Å². The van der Waals surface area contributed by atoms with Gasteiger partial charge in [-0.05, 0) is 29.5 Å². The predicted molar refractivity (Wildman–Crippen MR) is 90.4 cm³/mol. The third kappa shape index (κ3) is 5.77. The Kier molecular flexibility index (Phi) is 6.29. The second kappa shape index (κ2) is 8.64. The van der Waals surface area contributed by atoms with Crippen LogP contribution in [-0.2, 0) is 19.1 Å². The van der Waals surface area contributed by atoms with Crippen LogP contribution in [0.3, 0.4) is 0 Å². The minimum atomic E-state index is -1.07. The second-order valence-electron chi connectivity index (χ2n) is 4.49. The number of benzene rings is 1. The van der Waals surface area contributed by atoms with E-state index in [1.807, 2.05) is 0 Å². The highest BCUT2D eigenvalue weighted by atomic mass is 32.2. The molecule has 10 heteroatoms. The third-order valence-electron chi connectivity index (χ3n) is 2.68. The molecule has 25 heavy (non-hydrogen) atoms. The van der Waals surface area contributed by atoms with Crippen molar-refractivity contribution in [1.29, 1.82) is 0 Å². The number of hydrogen-bond donors (Lipinski definition) is 2. The number of carbonyl (C=O) groups is 3. The molecule has 0 radical (unpaired) electrons. The first kappa shape index (κ1) is 18.2. The molecule has 9 nitrogen and oxygen atoms in total. The largest absolute Gasteiger partial charge is 0.482 e. The highest BCUT2D eigenvalue weighted by molar-refractivity contribution is 8.18. The number of hydrogen-bond acceptors (Lipinski definition) is 8. The molecule has 1 saturated heterocycles. The minimum Gasteiger partial charge on any atom is -0.482 e. The van der Waals surface area contributed by atoms with Crippen molar-refractivity contribution in [2.75, 3.05) is 13.7 Å². The van der Waals surface area contributed by atoms with E-state index < -0.39 is 24.5 Å². The maximum atomic E-state index is 11.6. The van der Waals surface area contributed by atoms with Gasteiger partial charge in [-0.15, -0.1) is 5.10 Å². The smallest absolute Gasteiger partial charge is 0.341 e. The Morgan fingerprint density at radius 1 is 1.40 bits per heavy atom. The zero-order valence-corrected chi connectivity index (χ0v) is 13.8. The van der Waals surface area contributed by atoms with E-state index in [2.05, 4.69) is 20.3 Å². The summed E-state index contributed by atoms with van der Waals surface area (Å²) in [6.45, 7) is -0.444. The lowest BCUT2D eigenvalue weighted by molar-refractivity contribution is -0.139. The predicted octanol–water partition coefficient (Wildman–Crippen LogP) is 0.760. The van der Waals surface area contributed by atoms with Crippen molar-refractivity contribution < 1.29 is 29.0 Å². The topological polar surface area (TPSA) is 127 Å². The third-order valence-corrected chi connectivity index (χ3v) is 3.58. The van der Waals surface area contributed by atoms with Gasteiger partial charge in [0.1, 0.15) is 5.75 Å². The van der Waals surface area contributed by atoms with Gasteiger partial charge < -0.3 is 14.6 Å². The van der Waals surface area contributed by atoms with Gasteiger partial charge in [0.2, 0.25) is 0 Å². The van der Waals surface area contributed by atoms with Crippen molar-refractivity contribution in [3.8, 4) is 5.75 Å². The van der Waals surface area contributed by atoms with Gasteiger partial charge in [-0.1, -0.05) is 12.1 Å². The lowest BCUT2D eigenvalue weighted by atomic mass is 10.2. The van der Waals surface area contributed by atoms with Gasteiger partial charge in [-0.3, -0.25) is 10.1 Å². The van der Waals surface area contributed by atoms with E-state index in [1.165, 1.54) is 13.3 Å². The number of nitrogens with zero attached hydrogens (tertiary/aromatic N) is 2. The fourth-order valence-electron chi connectivity index (χ4n) is 1.62. The number of esters is 1. The lowest BCUT2D eigenvalue weighted by Gasteiger charge is -2.02. The van der Waals surface area contributed by atoms with Gasteiger partial charge in [0.15, 0.2) is 11.8 Å². The van der Waals surface area contributed by atoms with E-state index in [9.17, 15) is 14.4 Å². The Bertz CT molecular complexity index is 787. The summed E-state index contributed by atoms with van der Waals surface area (Å²) in [4.78, 5) is 33.4. The number of thioether (sulfide) groups is 1. The van der Waals surface area contributed by atoms with Crippen LogP contribution in [0.4, 0.5) is 0 Å². The normalized spacial score (nSPS) is 17.1. The van der Waals surface area contributed by atoms with Crippen molar-refractivity contribution in [2.24, 2.45) is 10.2 Å². The number of carbonyl (C=O) groups excluding carboxylic acids is 2. The number of rotatable bonds is 6. The summed E-state index contributed by atoms with van der Waals surface area (Å²) in [7, 11) is 1.21. The number of carboxylic acids is 1. The summed E-state index contributed by atoms with van der Waals surface area (Å²) in [5.41, 5.74) is 0.631. The fourth-order valence-corrected chi connectivity index (χ4v) is 2.36. The van der Waals surface area contributed by atoms with Crippen molar-refractivity contribution in [1.82, 2.24) is 5.32 Å². The van der Waals surface area contributed by atoms with Gasteiger partial charge in [0.25, 0.3) is 5.91 Å². The molecule has 1 amide bonds. The number of carboxylic acid groups (broad SMARTS) is 1. The molecule has 2 rings (SSSR count). The molecule has 2 N–H and O–H groups in total. The number of nitrogens with one attached hydrogen (secondary N) is 1. The standard InChI is InChI=1S/C15H13N3O6S/c1-23-13(21)6-11-14(22)17-15(25-11)18-16-7-9-3-2-4-10(5-9)24-8-12(19)20/h2-7H,8H2,1H3,(H,19,20)(H,17,18,22)/b11-6+,16-7?. The summed E-state index contributed by atoms with van der Waals surface area (Å²) in [5.74, 6) is -1.80. The molecule has 1 aliphatic heterocycles. The SMILES string of the molecule is COC(=O)/C=C1/S/C(=N\N=Cc2cccc(OCC(=O)O)c2)NC1=O. The molecule has 0 saturated carbocycles. The molecule has 0 atom stereocenters. The van der Waals surface area contributed by atoms with Gasteiger partial charge >= 0.3 is 11.9 Å². The van der Waals surface area contributed by atoms with Crippen molar-refractivity contribution >= 4 is 41.0 Å². The lowest BCUT2D eigenvalue weighted by Crippen LogP contribution is -2.19.